The van der Waals surface area contributed by atoms with Crippen molar-refractivity contribution in [1.82, 2.24) is 0 Å². The van der Waals surface area contributed by atoms with Crippen molar-refractivity contribution in [3.63, 3.8) is 0 Å². The maximum Gasteiger partial charge on any atom is 0.114 e. The Labute approximate surface area is 104 Å². The van der Waals surface area contributed by atoms with E-state index in [4.69, 9.17) is 4.74 Å². The number of rotatable bonds is 2. The molecule has 5 heteroatoms. The van der Waals surface area contributed by atoms with Crippen molar-refractivity contribution in [3.8, 4) is 0 Å². The standard InChI is InChI=1S/C9H10Br2O2S/c10-5-4-7(14-9(5)11)8(12)6-2-1-3-13-6/h4,6,8,12H,1-3H2. The van der Waals surface area contributed by atoms with Gasteiger partial charge in [0.1, 0.15) is 6.10 Å². The zero-order valence-electron chi connectivity index (χ0n) is 7.37. The minimum atomic E-state index is -0.481. The molecular formula is C9H10Br2O2S. The molecule has 2 rings (SSSR count). The van der Waals surface area contributed by atoms with Crippen molar-refractivity contribution in [2.45, 2.75) is 25.0 Å². The fourth-order valence-electron chi connectivity index (χ4n) is 1.54. The Balaban J connectivity index is 2.13. The van der Waals surface area contributed by atoms with Gasteiger partial charge in [-0.2, -0.15) is 0 Å². The lowest BCUT2D eigenvalue weighted by Crippen LogP contribution is -2.15. The summed E-state index contributed by atoms with van der Waals surface area (Å²) < 4.78 is 7.46. The average Bonchev–Trinajstić information content (AvgIpc) is 2.76. The van der Waals surface area contributed by atoms with Crippen LogP contribution in [0.2, 0.25) is 0 Å². The van der Waals surface area contributed by atoms with E-state index in [9.17, 15) is 5.11 Å². The van der Waals surface area contributed by atoms with E-state index >= 15 is 0 Å². The van der Waals surface area contributed by atoms with E-state index in [-0.39, 0.29) is 6.10 Å². The predicted octanol–water partition coefficient (Wildman–Crippen LogP) is 3.49. The SMILES string of the molecule is OC(c1cc(Br)c(Br)s1)C1CCCO1. The van der Waals surface area contributed by atoms with E-state index in [0.717, 1.165) is 32.6 Å². The van der Waals surface area contributed by atoms with Gasteiger partial charge in [-0.25, -0.2) is 0 Å². The molecule has 1 saturated heterocycles. The number of thiophene rings is 1. The van der Waals surface area contributed by atoms with Crippen LogP contribution < -0.4 is 0 Å². The predicted molar refractivity (Wildman–Crippen MR) is 63.7 cm³/mol. The first-order chi connectivity index (χ1) is 6.68. The van der Waals surface area contributed by atoms with Crippen LogP contribution in [0.5, 0.6) is 0 Å². The molecule has 2 unspecified atom stereocenters. The summed E-state index contributed by atoms with van der Waals surface area (Å²) in [5, 5.41) is 10.0. The summed E-state index contributed by atoms with van der Waals surface area (Å²) in [7, 11) is 0. The minimum absolute atomic E-state index is 0.0209. The van der Waals surface area contributed by atoms with Crippen LogP contribution in [0, 0.1) is 0 Å². The van der Waals surface area contributed by atoms with Crippen molar-refractivity contribution in [1.29, 1.82) is 0 Å². The second-order valence-corrected chi connectivity index (χ2v) is 6.52. The van der Waals surface area contributed by atoms with Crippen molar-refractivity contribution >= 4 is 43.2 Å². The summed E-state index contributed by atoms with van der Waals surface area (Å²) in [6, 6.07) is 1.95. The van der Waals surface area contributed by atoms with Gasteiger partial charge in [0, 0.05) is 16.0 Å². The largest absolute Gasteiger partial charge is 0.385 e. The minimum Gasteiger partial charge on any atom is -0.385 e. The summed E-state index contributed by atoms with van der Waals surface area (Å²) in [6.07, 6.45) is 1.50. The van der Waals surface area contributed by atoms with Crippen LogP contribution in [0.15, 0.2) is 14.3 Å². The van der Waals surface area contributed by atoms with Gasteiger partial charge in [-0.1, -0.05) is 0 Å². The monoisotopic (exact) mass is 340 g/mol. The maximum atomic E-state index is 10.0. The van der Waals surface area contributed by atoms with E-state index in [1.807, 2.05) is 6.07 Å². The first-order valence-corrected chi connectivity index (χ1v) is 6.83. The fourth-order valence-corrected chi connectivity index (χ4v) is 3.67. The Morgan fingerprint density at radius 1 is 1.57 bits per heavy atom. The maximum absolute atomic E-state index is 10.0. The highest BCUT2D eigenvalue weighted by molar-refractivity contribution is 9.13. The van der Waals surface area contributed by atoms with Crippen LogP contribution in [-0.4, -0.2) is 17.8 Å². The molecule has 0 aliphatic carbocycles. The van der Waals surface area contributed by atoms with Crippen molar-refractivity contribution in [3.05, 3.63) is 19.2 Å². The van der Waals surface area contributed by atoms with Gasteiger partial charge < -0.3 is 9.84 Å². The first-order valence-electron chi connectivity index (χ1n) is 4.43. The molecule has 0 aromatic carbocycles. The number of aliphatic hydroxyl groups is 1. The molecule has 1 fully saturated rings. The quantitative estimate of drug-likeness (QED) is 0.892. The number of hydrogen-bond acceptors (Lipinski definition) is 3. The van der Waals surface area contributed by atoms with E-state index < -0.39 is 6.10 Å². The normalized spacial score (nSPS) is 24.1. The Morgan fingerprint density at radius 2 is 2.36 bits per heavy atom. The molecule has 1 aliphatic rings. The molecule has 2 heterocycles. The highest BCUT2D eigenvalue weighted by Gasteiger charge is 2.27. The molecule has 0 radical (unpaired) electrons. The lowest BCUT2D eigenvalue weighted by atomic mass is 10.1. The molecule has 14 heavy (non-hydrogen) atoms. The Morgan fingerprint density at radius 3 is 2.86 bits per heavy atom. The van der Waals surface area contributed by atoms with Gasteiger partial charge in [0.25, 0.3) is 0 Å². The van der Waals surface area contributed by atoms with Crippen LogP contribution in [0.1, 0.15) is 23.8 Å². The first kappa shape index (κ1) is 11.1. The molecule has 0 saturated carbocycles. The Hall–Kier alpha value is 0.580. The van der Waals surface area contributed by atoms with Gasteiger partial charge in [0.15, 0.2) is 0 Å². The van der Waals surface area contributed by atoms with E-state index in [0.29, 0.717) is 0 Å². The summed E-state index contributed by atoms with van der Waals surface area (Å²) >= 11 is 8.37. The zero-order valence-corrected chi connectivity index (χ0v) is 11.4. The van der Waals surface area contributed by atoms with Gasteiger partial charge in [-0.05, 0) is 50.8 Å². The van der Waals surface area contributed by atoms with Gasteiger partial charge in [-0.3, -0.25) is 0 Å². The molecule has 0 spiro atoms. The molecule has 0 amide bonds. The zero-order chi connectivity index (χ0) is 10.1. The van der Waals surface area contributed by atoms with Gasteiger partial charge in [-0.15, -0.1) is 11.3 Å². The molecule has 1 N–H and O–H groups in total. The van der Waals surface area contributed by atoms with E-state index in [2.05, 4.69) is 31.9 Å². The summed E-state index contributed by atoms with van der Waals surface area (Å²) in [5.74, 6) is 0. The fraction of sp³-hybridized carbons (Fsp3) is 0.556. The molecule has 2 atom stereocenters. The van der Waals surface area contributed by atoms with Crippen LogP contribution in [0.4, 0.5) is 0 Å². The van der Waals surface area contributed by atoms with Gasteiger partial charge >= 0.3 is 0 Å². The van der Waals surface area contributed by atoms with Crippen molar-refractivity contribution < 1.29 is 9.84 Å². The van der Waals surface area contributed by atoms with Crippen LogP contribution >= 0.6 is 43.2 Å². The summed E-state index contributed by atoms with van der Waals surface area (Å²) in [4.78, 5) is 0.954. The smallest absolute Gasteiger partial charge is 0.114 e. The molecule has 1 aromatic rings. The Bertz CT molecular complexity index is 301. The number of halogens is 2. The topological polar surface area (TPSA) is 29.5 Å². The third-order valence-corrected chi connectivity index (χ3v) is 5.60. The highest BCUT2D eigenvalue weighted by atomic mass is 79.9. The molecule has 1 aromatic heterocycles. The number of ether oxygens (including phenoxy) is 1. The van der Waals surface area contributed by atoms with Gasteiger partial charge in [0.05, 0.1) is 9.89 Å². The highest BCUT2D eigenvalue weighted by Crippen LogP contribution is 2.38. The van der Waals surface area contributed by atoms with E-state index in [1.165, 1.54) is 0 Å². The molecule has 78 valence electrons. The van der Waals surface area contributed by atoms with E-state index in [1.54, 1.807) is 11.3 Å². The molecule has 0 bridgehead atoms. The van der Waals surface area contributed by atoms with Crippen molar-refractivity contribution in [2.75, 3.05) is 6.61 Å². The van der Waals surface area contributed by atoms with Crippen LogP contribution in [0.25, 0.3) is 0 Å². The third-order valence-electron chi connectivity index (χ3n) is 2.27. The lowest BCUT2D eigenvalue weighted by molar-refractivity contribution is -0.000788. The molecule has 1 aliphatic heterocycles. The second-order valence-electron chi connectivity index (χ2n) is 3.27. The molecular weight excluding hydrogens is 332 g/mol. The summed E-state index contributed by atoms with van der Waals surface area (Å²) in [6.45, 7) is 0.773. The third kappa shape index (κ3) is 2.22. The Kier molecular flexibility index (Phi) is 3.65. The number of hydrogen-bond donors (Lipinski definition) is 1. The number of aliphatic hydroxyl groups excluding tert-OH is 1. The second kappa shape index (κ2) is 4.61. The molecule has 2 nitrogen and oxygen atoms in total. The average molecular weight is 342 g/mol. The summed E-state index contributed by atoms with van der Waals surface area (Å²) in [5.41, 5.74) is 0. The lowest BCUT2D eigenvalue weighted by Gasteiger charge is -2.15. The van der Waals surface area contributed by atoms with Crippen LogP contribution in [0.3, 0.4) is 0 Å². The van der Waals surface area contributed by atoms with Crippen LogP contribution in [-0.2, 0) is 4.74 Å². The van der Waals surface area contributed by atoms with Crippen molar-refractivity contribution in [2.24, 2.45) is 0 Å². The van der Waals surface area contributed by atoms with Gasteiger partial charge in [0.2, 0.25) is 0 Å².